The largest absolute Gasteiger partial charge is 0.336 e. The summed E-state index contributed by atoms with van der Waals surface area (Å²) in [6.07, 6.45) is 0. The molecule has 0 saturated carbocycles. The van der Waals surface area contributed by atoms with E-state index in [4.69, 9.17) is 11.6 Å². The maximum Gasteiger partial charge on any atom is 0.253 e. The summed E-state index contributed by atoms with van der Waals surface area (Å²) < 4.78 is 0.868. The number of benzene rings is 1. The first-order valence-electron chi connectivity index (χ1n) is 7.77. The first kappa shape index (κ1) is 17.1. The third kappa shape index (κ3) is 3.68. The zero-order valence-corrected chi connectivity index (χ0v) is 15.2. The van der Waals surface area contributed by atoms with Crippen LogP contribution in [-0.2, 0) is 4.79 Å². The number of alkyl halides is 1. The lowest BCUT2D eigenvalue weighted by Crippen LogP contribution is -2.47. The lowest BCUT2D eigenvalue weighted by atomic mass is 10.1. The van der Waals surface area contributed by atoms with Crippen LogP contribution in [0.3, 0.4) is 0 Å². The molecule has 0 radical (unpaired) electrons. The molecule has 1 fully saturated rings. The molecular formula is C16H19ClN4O2S. The van der Waals surface area contributed by atoms with Gasteiger partial charge < -0.3 is 15.1 Å². The van der Waals surface area contributed by atoms with Crippen LogP contribution in [0.15, 0.2) is 18.2 Å². The highest BCUT2D eigenvalue weighted by Gasteiger charge is 2.21. The maximum absolute atomic E-state index is 12.6. The topological polar surface area (TPSA) is 65.5 Å². The monoisotopic (exact) mass is 366 g/mol. The fourth-order valence-electron chi connectivity index (χ4n) is 2.51. The molecule has 3 rings (SSSR count). The molecule has 2 heterocycles. The molecular weight excluding hydrogens is 348 g/mol. The molecule has 6 nitrogen and oxygen atoms in total. The number of hydrogen-bond acceptors (Lipinski definition) is 5. The number of anilines is 1. The van der Waals surface area contributed by atoms with Crippen molar-refractivity contribution in [3.63, 3.8) is 0 Å². The van der Waals surface area contributed by atoms with Crippen LogP contribution in [0.4, 0.5) is 5.13 Å². The molecule has 2 amide bonds. The second kappa shape index (κ2) is 7.04. The number of likely N-dealkylation sites (N-methyl/N-ethyl adjacent to an activating group) is 1. The predicted octanol–water partition coefficient (Wildman–Crippen LogP) is 2.25. The van der Waals surface area contributed by atoms with Crippen molar-refractivity contribution in [3.05, 3.63) is 23.8 Å². The number of hydrogen-bond donors (Lipinski definition) is 1. The van der Waals surface area contributed by atoms with E-state index in [2.05, 4.69) is 22.2 Å². The Hall–Kier alpha value is -1.70. The van der Waals surface area contributed by atoms with E-state index in [0.717, 1.165) is 36.4 Å². The molecule has 0 aliphatic carbocycles. The van der Waals surface area contributed by atoms with Crippen molar-refractivity contribution in [3.8, 4) is 0 Å². The second-order valence-corrected chi connectivity index (χ2v) is 7.59. The molecule has 128 valence electrons. The zero-order chi connectivity index (χ0) is 17.3. The number of nitrogens with zero attached hydrogens (tertiary/aromatic N) is 3. The van der Waals surface area contributed by atoms with Crippen LogP contribution >= 0.6 is 22.9 Å². The molecule has 1 N–H and O–H groups in total. The molecule has 0 bridgehead atoms. The lowest BCUT2D eigenvalue weighted by Gasteiger charge is -2.32. The average molecular weight is 367 g/mol. The number of aromatic nitrogens is 1. The van der Waals surface area contributed by atoms with Crippen LogP contribution in [0.2, 0.25) is 0 Å². The van der Waals surface area contributed by atoms with Crippen molar-refractivity contribution < 1.29 is 9.59 Å². The molecule has 1 aromatic carbocycles. The summed E-state index contributed by atoms with van der Waals surface area (Å²) in [4.78, 5) is 32.7. The maximum atomic E-state index is 12.6. The number of fused-ring (bicyclic) bond motifs is 1. The smallest absolute Gasteiger partial charge is 0.253 e. The highest BCUT2D eigenvalue weighted by molar-refractivity contribution is 7.22. The van der Waals surface area contributed by atoms with Gasteiger partial charge >= 0.3 is 0 Å². The van der Waals surface area contributed by atoms with E-state index in [1.165, 1.54) is 11.3 Å². The third-order valence-electron chi connectivity index (χ3n) is 4.02. The summed E-state index contributed by atoms with van der Waals surface area (Å²) in [7, 11) is 2.06. The first-order valence-corrected chi connectivity index (χ1v) is 9.02. The number of piperazine rings is 1. The summed E-state index contributed by atoms with van der Waals surface area (Å²) in [5, 5.41) is 2.56. The standard InChI is InChI=1S/C16H19ClN4O2S/c1-10(17)14(22)19-16-18-12-4-3-11(9-13(12)24-16)15(23)21-7-5-20(2)6-8-21/h3-4,9-10H,5-8H2,1-2H3,(H,18,19,22). The van der Waals surface area contributed by atoms with Gasteiger partial charge in [0.25, 0.3) is 5.91 Å². The van der Waals surface area contributed by atoms with Gasteiger partial charge in [0.2, 0.25) is 5.91 Å². The summed E-state index contributed by atoms with van der Waals surface area (Å²) in [6.45, 7) is 4.87. The molecule has 1 unspecified atom stereocenters. The molecule has 8 heteroatoms. The molecule has 1 aliphatic rings. The average Bonchev–Trinajstić information content (AvgIpc) is 2.96. The van der Waals surface area contributed by atoms with E-state index >= 15 is 0 Å². The fraction of sp³-hybridized carbons (Fsp3) is 0.438. The minimum absolute atomic E-state index is 0.0402. The van der Waals surface area contributed by atoms with Crippen LogP contribution in [0, 0.1) is 0 Å². The predicted molar refractivity (Wildman–Crippen MR) is 97.0 cm³/mol. The number of carbonyl (C=O) groups is 2. The van der Waals surface area contributed by atoms with E-state index in [9.17, 15) is 9.59 Å². The van der Waals surface area contributed by atoms with Gasteiger partial charge in [0.15, 0.2) is 5.13 Å². The summed E-state index contributed by atoms with van der Waals surface area (Å²) >= 11 is 7.09. The Morgan fingerprint density at radius 1 is 1.29 bits per heavy atom. The van der Waals surface area contributed by atoms with E-state index in [0.29, 0.717) is 10.7 Å². The van der Waals surface area contributed by atoms with Crippen molar-refractivity contribution in [1.82, 2.24) is 14.8 Å². The number of halogens is 1. The highest BCUT2D eigenvalue weighted by Crippen LogP contribution is 2.27. The summed E-state index contributed by atoms with van der Waals surface area (Å²) in [6, 6.07) is 5.45. The van der Waals surface area contributed by atoms with Crippen LogP contribution in [0.5, 0.6) is 0 Å². The van der Waals surface area contributed by atoms with Gasteiger partial charge in [0.1, 0.15) is 5.38 Å². The first-order chi connectivity index (χ1) is 11.4. The van der Waals surface area contributed by atoms with Crippen molar-refractivity contribution in [2.24, 2.45) is 0 Å². The van der Waals surface area contributed by atoms with Crippen molar-refractivity contribution >= 4 is 50.1 Å². The van der Waals surface area contributed by atoms with Crippen molar-refractivity contribution in [1.29, 1.82) is 0 Å². The van der Waals surface area contributed by atoms with Gasteiger partial charge in [-0.1, -0.05) is 11.3 Å². The summed E-state index contributed by atoms with van der Waals surface area (Å²) in [5.74, 6) is -0.247. The Bertz CT molecular complexity index is 769. The highest BCUT2D eigenvalue weighted by atomic mass is 35.5. The normalized spacial score (nSPS) is 17.0. The van der Waals surface area contributed by atoms with Gasteiger partial charge in [0.05, 0.1) is 10.2 Å². The molecule has 24 heavy (non-hydrogen) atoms. The van der Waals surface area contributed by atoms with E-state index in [-0.39, 0.29) is 11.8 Å². The Labute approximate surface area is 149 Å². The fourth-order valence-corrected chi connectivity index (χ4v) is 3.47. The quantitative estimate of drug-likeness (QED) is 0.846. The third-order valence-corrected chi connectivity index (χ3v) is 5.15. The lowest BCUT2D eigenvalue weighted by molar-refractivity contribution is -0.115. The number of rotatable bonds is 3. The van der Waals surface area contributed by atoms with E-state index in [1.807, 2.05) is 17.0 Å². The Kier molecular flexibility index (Phi) is 5.03. The van der Waals surface area contributed by atoms with E-state index in [1.54, 1.807) is 13.0 Å². The van der Waals surface area contributed by atoms with Gasteiger partial charge in [-0.25, -0.2) is 4.98 Å². The Morgan fingerprint density at radius 2 is 2.00 bits per heavy atom. The van der Waals surface area contributed by atoms with Gasteiger partial charge in [-0.15, -0.1) is 11.6 Å². The molecule has 0 spiro atoms. The van der Waals surface area contributed by atoms with Crippen LogP contribution in [-0.4, -0.2) is 65.2 Å². The second-order valence-electron chi connectivity index (χ2n) is 5.90. The van der Waals surface area contributed by atoms with Crippen LogP contribution in [0.25, 0.3) is 10.2 Å². The van der Waals surface area contributed by atoms with Gasteiger partial charge in [0, 0.05) is 31.7 Å². The molecule has 1 aromatic heterocycles. The molecule has 1 aliphatic heterocycles. The summed E-state index contributed by atoms with van der Waals surface area (Å²) in [5.41, 5.74) is 1.41. The van der Waals surface area contributed by atoms with Crippen molar-refractivity contribution in [2.45, 2.75) is 12.3 Å². The van der Waals surface area contributed by atoms with Crippen LogP contribution in [0.1, 0.15) is 17.3 Å². The zero-order valence-electron chi connectivity index (χ0n) is 13.6. The Balaban J connectivity index is 1.78. The van der Waals surface area contributed by atoms with Gasteiger partial charge in [-0.3, -0.25) is 9.59 Å². The van der Waals surface area contributed by atoms with Crippen molar-refractivity contribution in [2.75, 3.05) is 38.5 Å². The molecule has 1 saturated heterocycles. The Morgan fingerprint density at radius 3 is 2.67 bits per heavy atom. The van der Waals surface area contributed by atoms with Crippen LogP contribution < -0.4 is 5.32 Å². The minimum Gasteiger partial charge on any atom is -0.336 e. The minimum atomic E-state index is -0.619. The molecule has 1 atom stereocenters. The van der Waals surface area contributed by atoms with E-state index < -0.39 is 5.38 Å². The SMILES string of the molecule is CC(Cl)C(=O)Nc1nc2ccc(C(=O)N3CCN(C)CC3)cc2s1. The number of thiazole rings is 1. The van der Waals surface area contributed by atoms with Gasteiger partial charge in [-0.2, -0.15) is 0 Å². The number of carbonyl (C=O) groups excluding carboxylic acids is 2. The van der Waals surface area contributed by atoms with Gasteiger partial charge in [-0.05, 0) is 32.2 Å². The number of nitrogens with one attached hydrogen (secondary N) is 1. The molecule has 2 aromatic rings. The number of amides is 2.